The minimum Gasteiger partial charge on any atom is -0.385 e. The molecular weight excluding hydrogens is 274 g/mol. The molecule has 1 aromatic heterocycles. The maximum atomic E-state index is 11.8. The van der Waals surface area contributed by atoms with Crippen LogP contribution in [0.15, 0.2) is 35.7 Å². The van der Waals surface area contributed by atoms with Gasteiger partial charge in [-0.2, -0.15) is 0 Å². The summed E-state index contributed by atoms with van der Waals surface area (Å²) in [5.41, 5.74) is 1.39. The van der Waals surface area contributed by atoms with Crippen LogP contribution in [0.4, 0.5) is 10.8 Å². The highest BCUT2D eigenvalue weighted by Gasteiger charge is 2.10. The van der Waals surface area contributed by atoms with Crippen molar-refractivity contribution in [1.82, 2.24) is 10.3 Å². The Labute approximate surface area is 122 Å². The minimum absolute atomic E-state index is 0.154. The number of amides is 1. The van der Waals surface area contributed by atoms with E-state index in [1.54, 1.807) is 12.5 Å². The molecule has 2 rings (SSSR count). The second-order valence-corrected chi connectivity index (χ2v) is 4.99. The van der Waals surface area contributed by atoms with Gasteiger partial charge < -0.3 is 15.4 Å². The van der Waals surface area contributed by atoms with Gasteiger partial charge in [-0.05, 0) is 18.6 Å². The number of nitrogens with one attached hydrogen (secondary N) is 2. The van der Waals surface area contributed by atoms with Crippen molar-refractivity contribution in [1.29, 1.82) is 0 Å². The standard InChI is InChI=1S/C14H17N3O2S/c1-19-9-5-8-15-13(18)12-10-20-14(17-12)16-11-6-3-2-4-7-11/h2-4,6-7,10H,5,8-9H2,1H3,(H,15,18)(H,16,17). The van der Waals surface area contributed by atoms with Crippen molar-refractivity contribution in [3.05, 3.63) is 41.4 Å². The third-order valence-electron chi connectivity index (χ3n) is 2.57. The molecule has 0 aliphatic heterocycles. The van der Waals surface area contributed by atoms with Crippen LogP contribution in [0, 0.1) is 0 Å². The van der Waals surface area contributed by atoms with Gasteiger partial charge in [0.1, 0.15) is 5.69 Å². The largest absolute Gasteiger partial charge is 0.385 e. The van der Waals surface area contributed by atoms with Gasteiger partial charge in [0, 0.05) is 31.3 Å². The van der Waals surface area contributed by atoms with Crippen LogP contribution >= 0.6 is 11.3 Å². The third-order valence-corrected chi connectivity index (χ3v) is 3.33. The molecule has 6 heteroatoms. The molecular formula is C14H17N3O2S. The first-order valence-electron chi connectivity index (χ1n) is 6.34. The fraction of sp³-hybridized carbons (Fsp3) is 0.286. The lowest BCUT2D eigenvalue weighted by Crippen LogP contribution is -2.25. The van der Waals surface area contributed by atoms with Crippen LogP contribution in [0.3, 0.4) is 0 Å². The number of thiazole rings is 1. The van der Waals surface area contributed by atoms with Gasteiger partial charge in [0.15, 0.2) is 5.13 Å². The molecule has 2 aromatic rings. The first-order valence-corrected chi connectivity index (χ1v) is 7.22. The van der Waals surface area contributed by atoms with Crippen LogP contribution in [-0.4, -0.2) is 31.2 Å². The zero-order chi connectivity index (χ0) is 14.2. The summed E-state index contributed by atoms with van der Waals surface area (Å²) in [6.45, 7) is 1.23. The number of nitrogens with zero attached hydrogens (tertiary/aromatic N) is 1. The summed E-state index contributed by atoms with van der Waals surface area (Å²) in [6.07, 6.45) is 0.793. The Kier molecular flexibility index (Phi) is 5.52. The zero-order valence-electron chi connectivity index (χ0n) is 11.3. The monoisotopic (exact) mass is 291 g/mol. The molecule has 0 saturated heterocycles. The molecule has 106 valence electrons. The summed E-state index contributed by atoms with van der Waals surface area (Å²) >= 11 is 1.41. The van der Waals surface area contributed by atoms with E-state index in [1.165, 1.54) is 11.3 Å². The fourth-order valence-electron chi connectivity index (χ4n) is 1.59. The van der Waals surface area contributed by atoms with Crippen molar-refractivity contribution >= 4 is 28.1 Å². The highest BCUT2D eigenvalue weighted by molar-refractivity contribution is 7.14. The Hall–Kier alpha value is -1.92. The Balaban J connectivity index is 1.87. The van der Waals surface area contributed by atoms with Crippen molar-refractivity contribution in [2.24, 2.45) is 0 Å². The van der Waals surface area contributed by atoms with Crippen LogP contribution in [0.25, 0.3) is 0 Å². The summed E-state index contributed by atoms with van der Waals surface area (Å²) in [5.74, 6) is -0.154. The highest BCUT2D eigenvalue weighted by atomic mass is 32.1. The molecule has 0 atom stereocenters. The second kappa shape index (κ2) is 7.62. The third kappa shape index (κ3) is 4.32. The van der Waals surface area contributed by atoms with Gasteiger partial charge in [0.05, 0.1) is 0 Å². The van der Waals surface area contributed by atoms with Crippen LogP contribution in [-0.2, 0) is 4.74 Å². The predicted molar refractivity (Wildman–Crippen MR) is 80.7 cm³/mol. The van der Waals surface area contributed by atoms with E-state index in [4.69, 9.17) is 4.74 Å². The van der Waals surface area contributed by atoms with E-state index in [-0.39, 0.29) is 5.91 Å². The first kappa shape index (κ1) is 14.5. The van der Waals surface area contributed by atoms with Gasteiger partial charge >= 0.3 is 0 Å². The smallest absolute Gasteiger partial charge is 0.270 e. The Bertz CT molecular complexity index is 542. The molecule has 0 bridgehead atoms. The van der Waals surface area contributed by atoms with Crippen LogP contribution in [0.2, 0.25) is 0 Å². The van der Waals surface area contributed by atoms with Crippen LogP contribution < -0.4 is 10.6 Å². The molecule has 0 aliphatic carbocycles. The van der Waals surface area contributed by atoms with Crippen LogP contribution in [0.5, 0.6) is 0 Å². The number of carbonyl (C=O) groups is 1. The number of ether oxygens (including phenoxy) is 1. The van der Waals surface area contributed by atoms with Gasteiger partial charge in [0.2, 0.25) is 0 Å². The lowest BCUT2D eigenvalue weighted by molar-refractivity contribution is 0.0944. The summed E-state index contributed by atoms with van der Waals surface area (Å²) in [4.78, 5) is 16.1. The van der Waals surface area contributed by atoms with Crippen molar-refractivity contribution in [3.8, 4) is 0 Å². The molecule has 0 radical (unpaired) electrons. The van der Waals surface area contributed by atoms with E-state index < -0.39 is 0 Å². The maximum absolute atomic E-state index is 11.8. The van der Waals surface area contributed by atoms with Crippen molar-refractivity contribution in [3.63, 3.8) is 0 Å². The van der Waals surface area contributed by atoms with E-state index in [0.29, 0.717) is 24.0 Å². The summed E-state index contributed by atoms with van der Waals surface area (Å²) in [7, 11) is 1.64. The Morgan fingerprint density at radius 1 is 1.35 bits per heavy atom. The molecule has 20 heavy (non-hydrogen) atoms. The van der Waals surface area contributed by atoms with Gasteiger partial charge in [0.25, 0.3) is 5.91 Å². The Morgan fingerprint density at radius 2 is 2.15 bits per heavy atom. The number of carbonyl (C=O) groups excluding carboxylic acids is 1. The molecule has 1 heterocycles. The summed E-state index contributed by atoms with van der Waals surface area (Å²) in [6, 6.07) is 9.74. The van der Waals surface area contributed by atoms with Crippen molar-refractivity contribution < 1.29 is 9.53 Å². The SMILES string of the molecule is COCCCNC(=O)c1csc(Nc2ccccc2)n1. The van der Waals surface area contributed by atoms with Gasteiger partial charge in [-0.25, -0.2) is 4.98 Å². The summed E-state index contributed by atoms with van der Waals surface area (Å²) in [5, 5.41) is 8.43. The molecule has 5 nitrogen and oxygen atoms in total. The average molecular weight is 291 g/mol. The maximum Gasteiger partial charge on any atom is 0.270 e. The number of hydrogen-bond acceptors (Lipinski definition) is 5. The zero-order valence-corrected chi connectivity index (χ0v) is 12.1. The Morgan fingerprint density at radius 3 is 2.90 bits per heavy atom. The number of anilines is 2. The van der Waals surface area contributed by atoms with Gasteiger partial charge in [-0.3, -0.25) is 4.79 Å². The van der Waals surface area contributed by atoms with Crippen molar-refractivity contribution in [2.45, 2.75) is 6.42 Å². The number of rotatable bonds is 7. The molecule has 1 aromatic carbocycles. The fourth-order valence-corrected chi connectivity index (χ4v) is 2.30. The molecule has 0 saturated carbocycles. The predicted octanol–water partition coefficient (Wildman–Crippen LogP) is 2.65. The average Bonchev–Trinajstić information content (AvgIpc) is 2.93. The number of hydrogen-bond donors (Lipinski definition) is 2. The molecule has 0 unspecified atom stereocenters. The first-order chi connectivity index (χ1) is 9.79. The van der Waals surface area contributed by atoms with Gasteiger partial charge in [-0.1, -0.05) is 18.2 Å². The van der Waals surface area contributed by atoms with E-state index >= 15 is 0 Å². The molecule has 2 N–H and O–H groups in total. The van der Waals surface area contributed by atoms with E-state index in [0.717, 1.165) is 12.1 Å². The minimum atomic E-state index is -0.154. The summed E-state index contributed by atoms with van der Waals surface area (Å²) < 4.78 is 4.92. The number of benzene rings is 1. The molecule has 0 spiro atoms. The van der Waals surface area contributed by atoms with E-state index in [2.05, 4.69) is 15.6 Å². The topological polar surface area (TPSA) is 63.2 Å². The number of aromatic nitrogens is 1. The lowest BCUT2D eigenvalue weighted by Gasteiger charge is -2.02. The molecule has 0 fully saturated rings. The molecule has 1 amide bonds. The second-order valence-electron chi connectivity index (χ2n) is 4.13. The number of methoxy groups -OCH3 is 1. The normalized spacial score (nSPS) is 10.2. The van der Waals surface area contributed by atoms with Crippen molar-refractivity contribution in [2.75, 3.05) is 25.6 Å². The van der Waals surface area contributed by atoms with E-state index in [1.807, 2.05) is 30.3 Å². The number of para-hydroxylation sites is 1. The quantitative estimate of drug-likeness (QED) is 0.770. The molecule has 0 aliphatic rings. The lowest BCUT2D eigenvalue weighted by atomic mass is 10.3. The highest BCUT2D eigenvalue weighted by Crippen LogP contribution is 2.20. The van der Waals surface area contributed by atoms with Gasteiger partial charge in [-0.15, -0.1) is 11.3 Å². The van der Waals surface area contributed by atoms with Crippen LogP contribution in [0.1, 0.15) is 16.9 Å². The van der Waals surface area contributed by atoms with E-state index in [9.17, 15) is 4.79 Å².